The SMILES string of the molecule is CC(C)C(C)(CC(=O)NC1CCCCCCC1)C(=O)O. The molecule has 1 aliphatic rings. The molecule has 0 aromatic carbocycles. The fraction of sp³-hybridized carbons (Fsp3) is 0.875. The maximum atomic E-state index is 12.2. The van der Waals surface area contributed by atoms with Crippen LogP contribution in [-0.4, -0.2) is 23.0 Å². The van der Waals surface area contributed by atoms with Gasteiger partial charge in [0, 0.05) is 12.5 Å². The first kappa shape index (κ1) is 17.0. The molecule has 0 saturated heterocycles. The van der Waals surface area contributed by atoms with Crippen LogP contribution in [0.15, 0.2) is 0 Å². The van der Waals surface area contributed by atoms with E-state index in [-0.39, 0.29) is 24.3 Å². The average Bonchev–Trinajstić information content (AvgIpc) is 2.31. The van der Waals surface area contributed by atoms with Gasteiger partial charge in [0.1, 0.15) is 0 Å². The van der Waals surface area contributed by atoms with Gasteiger partial charge in [0.25, 0.3) is 0 Å². The molecule has 1 fully saturated rings. The van der Waals surface area contributed by atoms with Gasteiger partial charge in [0.05, 0.1) is 5.41 Å². The van der Waals surface area contributed by atoms with E-state index in [1.54, 1.807) is 6.92 Å². The van der Waals surface area contributed by atoms with Crippen LogP contribution in [0.4, 0.5) is 0 Å². The maximum absolute atomic E-state index is 12.2. The molecule has 0 aromatic rings. The number of carbonyl (C=O) groups excluding carboxylic acids is 1. The van der Waals surface area contributed by atoms with E-state index in [1.807, 2.05) is 13.8 Å². The summed E-state index contributed by atoms with van der Waals surface area (Å²) in [5.74, 6) is -1.07. The summed E-state index contributed by atoms with van der Waals surface area (Å²) >= 11 is 0. The van der Waals surface area contributed by atoms with Gasteiger partial charge in [0.2, 0.25) is 5.91 Å². The Labute approximate surface area is 122 Å². The van der Waals surface area contributed by atoms with Gasteiger partial charge >= 0.3 is 5.97 Å². The van der Waals surface area contributed by atoms with Gasteiger partial charge in [-0.2, -0.15) is 0 Å². The van der Waals surface area contributed by atoms with Gasteiger partial charge in [-0.3, -0.25) is 9.59 Å². The Morgan fingerprint density at radius 1 is 1.15 bits per heavy atom. The first-order valence-electron chi connectivity index (χ1n) is 7.89. The standard InChI is InChI=1S/C16H29NO3/c1-12(2)16(3,15(19)20)11-14(18)17-13-9-7-5-4-6-8-10-13/h12-13H,4-11H2,1-3H3,(H,17,18)(H,19,20). The van der Waals surface area contributed by atoms with Gasteiger partial charge in [0.15, 0.2) is 0 Å². The number of carboxylic acid groups (broad SMARTS) is 1. The fourth-order valence-corrected chi connectivity index (χ4v) is 2.74. The highest BCUT2D eigenvalue weighted by Gasteiger charge is 2.39. The van der Waals surface area contributed by atoms with Crippen LogP contribution in [0, 0.1) is 11.3 Å². The lowest BCUT2D eigenvalue weighted by Crippen LogP contribution is -2.42. The number of hydrogen-bond acceptors (Lipinski definition) is 2. The molecule has 0 aliphatic heterocycles. The third kappa shape index (κ3) is 4.80. The fourth-order valence-electron chi connectivity index (χ4n) is 2.74. The second-order valence-electron chi connectivity index (χ2n) is 6.66. The molecule has 1 atom stereocenters. The van der Waals surface area contributed by atoms with Crippen LogP contribution in [0.2, 0.25) is 0 Å². The summed E-state index contributed by atoms with van der Waals surface area (Å²) in [7, 11) is 0. The topological polar surface area (TPSA) is 66.4 Å². The number of nitrogens with one attached hydrogen (secondary N) is 1. The van der Waals surface area contributed by atoms with Gasteiger partial charge in [-0.15, -0.1) is 0 Å². The average molecular weight is 283 g/mol. The summed E-state index contributed by atoms with van der Waals surface area (Å²) in [6, 6.07) is 0.230. The molecule has 4 nitrogen and oxygen atoms in total. The third-order valence-corrected chi connectivity index (χ3v) is 4.76. The molecule has 2 N–H and O–H groups in total. The molecule has 1 saturated carbocycles. The van der Waals surface area contributed by atoms with Crippen molar-refractivity contribution in [1.29, 1.82) is 0 Å². The Kier molecular flexibility index (Phi) is 6.50. The number of amides is 1. The minimum absolute atomic E-state index is 0.0660. The Hall–Kier alpha value is -1.06. The zero-order valence-corrected chi connectivity index (χ0v) is 13.1. The minimum atomic E-state index is -0.980. The highest BCUT2D eigenvalue weighted by atomic mass is 16.4. The molecule has 4 heteroatoms. The molecule has 0 bridgehead atoms. The second kappa shape index (κ2) is 7.65. The lowest BCUT2D eigenvalue weighted by molar-refractivity contribution is -0.153. The van der Waals surface area contributed by atoms with E-state index < -0.39 is 11.4 Å². The zero-order valence-electron chi connectivity index (χ0n) is 13.1. The largest absolute Gasteiger partial charge is 0.481 e. The lowest BCUT2D eigenvalue weighted by atomic mass is 9.76. The van der Waals surface area contributed by atoms with Crippen LogP contribution in [0.5, 0.6) is 0 Å². The minimum Gasteiger partial charge on any atom is -0.481 e. The molecule has 116 valence electrons. The van der Waals surface area contributed by atoms with E-state index >= 15 is 0 Å². The monoisotopic (exact) mass is 283 g/mol. The number of carbonyl (C=O) groups is 2. The van der Waals surface area contributed by atoms with E-state index in [4.69, 9.17) is 0 Å². The van der Waals surface area contributed by atoms with Crippen molar-refractivity contribution in [2.24, 2.45) is 11.3 Å². The number of hydrogen-bond donors (Lipinski definition) is 2. The molecule has 20 heavy (non-hydrogen) atoms. The molecular weight excluding hydrogens is 254 g/mol. The summed E-state index contributed by atoms with van der Waals surface area (Å²) in [6.45, 7) is 5.38. The quantitative estimate of drug-likeness (QED) is 0.813. The van der Waals surface area contributed by atoms with Crippen molar-refractivity contribution in [3.8, 4) is 0 Å². The van der Waals surface area contributed by atoms with Crippen molar-refractivity contribution >= 4 is 11.9 Å². The molecule has 0 spiro atoms. The second-order valence-corrected chi connectivity index (χ2v) is 6.66. The summed E-state index contributed by atoms with van der Waals surface area (Å²) in [5.41, 5.74) is -0.980. The summed E-state index contributed by atoms with van der Waals surface area (Å²) in [4.78, 5) is 23.6. The zero-order chi connectivity index (χ0) is 15.2. The summed E-state index contributed by atoms with van der Waals surface area (Å²) < 4.78 is 0. The van der Waals surface area contributed by atoms with Gasteiger partial charge in [-0.25, -0.2) is 0 Å². The molecular formula is C16H29NO3. The van der Waals surface area contributed by atoms with Crippen LogP contribution >= 0.6 is 0 Å². The highest BCUT2D eigenvalue weighted by molar-refractivity contribution is 5.85. The Morgan fingerprint density at radius 3 is 2.10 bits per heavy atom. The van der Waals surface area contributed by atoms with Gasteiger partial charge in [-0.05, 0) is 25.7 Å². The van der Waals surface area contributed by atoms with E-state index in [9.17, 15) is 14.7 Å². The van der Waals surface area contributed by atoms with Crippen molar-refractivity contribution in [3.05, 3.63) is 0 Å². The van der Waals surface area contributed by atoms with E-state index in [0.29, 0.717) is 0 Å². The highest BCUT2D eigenvalue weighted by Crippen LogP contribution is 2.31. The number of carboxylic acids is 1. The van der Waals surface area contributed by atoms with Crippen molar-refractivity contribution in [2.45, 2.75) is 78.2 Å². The van der Waals surface area contributed by atoms with Gasteiger partial charge in [-0.1, -0.05) is 46.0 Å². The van der Waals surface area contributed by atoms with Crippen LogP contribution < -0.4 is 5.32 Å². The van der Waals surface area contributed by atoms with E-state index in [0.717, 1.165) is 25.7 Å². The Bertz CT molecular complexity index is 333. The molecule has 1 amide bonds. The lowest BCUT2D eigenvalue weighted by Gasteiger charge is -2.29. The van der Waals surface area contributed by atoms with Crippen molar-refractivity contribution in [3.63, 3.8) is 0 Å². The maximum Gasteiger partial charge on any atom is 0.310 e. The van der Waals surface area contributed by atoms with Crippen LogP contribution in [0.25, 0.3) is 0 Å². The first-order chi connectivity index (χ1) is 9.36. The van der Waals surface area contributed by atoms with Crippen LogP contribution in [-0.2, 0) is 9.59 Å². The Balaban J connectivity index is 2.54. The number of aliphatic carboxylic acids is 1. The smallest absolute Gasteiger partial charge is 0.310 e. The van der Waals surface area contributed by atoms with Crippen molar-refractivity contribution in [1.82, 2.24) is 5.32 Å². The molecule has 0 heterocycles. The van der Waals surface area contributed by atoms with Crippen molar-refractivity contribution < 1.29 is 14.7 Å². The molecule has 1 rings (SSSR count). The van der Waals surface area contributed by atoms with Crippen LogP contribution in [0.1, 0.15) is 72.1 Å². The molecule has 0 radical (unpaired) electrons. The van der Waals surface area contributed by atoms with Crippen LogP contribution in [0.3, 0.4) is 0 Å². The van der Waals surface area contributed by atoms with E-state index in [1.165, 1.54) is 19.3 Å². The van der Waals surface area contributed by atoms with Crippen molar-refractivity contribution in [2.75, 3.05) is 0 Å². The molecule has 0 aromatic heterocycles. The normalized spacial score (nSPS) is 20.8. The molecule has 1 aliphatic carbocycles. The molecule has 1 unspecified atom stereocenters. The predicted molar refractivity (Wildman–Crippen MR) is 79.4 cm³/mol. The van der Waals surface area contributed by atoms with Gasteiger partial charge < -0.3 is 10.4 Å². The number of rotatable bonds is 5. The summed E-state index contributed by atoms with van der Waals surface area (Å²) in [5, 5.41) is 12.4. The first-order valence-corrected chi connectivity index (χ1v) is 7.89. The summed E-state index contributed by atoms with van der Waals surface area (Å²) in [6.07, 6.45) is 8.21. The third-order valence-electron chi connectivity index (χ3n) is 4.76. The predicted octanol–water partition coefficient (Wildman–Crippen LogP) is 3.35. The Morgan fingerprint density at radius 2 is 1.65 bits per heavy atom. The van der Waals surface area contributed by atoms with E-state index in [2.05, 4.69) is 5.32 Å².